The first kappa shape index (κ1) is 15.3. The van der Waals surface area contributed by atoms with Gasteiger partial charge in [0, 0.05) is 19.3 Å². The zero-order valence-corrected chi connectivity index (χ0v) is 13.3. The molecule has 0 heterocycles. The smallest absolute Gasteiger partial charge is 0.0964 e. The summed E-state index contributed by atoms with van der Waals surface area (Å²) in [6.07, 6.45) is -0.509. The van der Waals surface area contributed by atoms with Crippen molar-refractivity contribution in [2.45, 2.75) is 6.10 Å². The molecule has 0 aliphatic heterocycles. The summed E-state index contributed by atoms with van der Waals surface area (Å²) in [7, 11) is 2.00. The van der Waals surface area contributed by atoms with Crippen LogP contribution < -0.4 is 4.90 Å². The molecular weight excluding hydrogens is 282 g/mol. The van der Waals surface area contributed by atoms with E-state index in [2.05, 4.69) is 29.2 Å². The number of likely N-dealkylation sites (N-methyl/N-ethyl adjacent to an activating group) is 1. The first-order chi connectivity index (χ1) is 11.2. The summed E-state index contributed by atoms with van der Waals surface area (Å²) in [5.74, 6) is 0. The van der Waals surface area contributed by atoms with Crippen LogP contribution in [0.5, 0.6) is 0 Å². The standard InChI is InChI=1S/C21H21NO/c1-22(20-10-6-3-7-11-20)16-21(23)19-14-12-18(13-15-19)17-8-4-2-5-9-17/h2-15,21,23H,16H2,1H3. The molecule has 1 atom stereocenters. The molecule has 1 N–H and O–H groups in total. The van der Waals surface area contributed by atoms with Crippen LogP contribution >= 0.6 is 0 Å². The Kier molecular flexibility index (Phi) is 4.74. The lowest BCUT2D eigenvalue weighted by molar-refractivity contribution is 0.185. The largest absolute Gasteiger partial charge is 0.387 e. The van der Waals surface area contributed by atoms with Gasteiger partial charge in [0.1, 0.15) is 0 Å². The number of rotatable bonds is 5. The van der Waals surface area contributed by atoms with Crippen LogP contribution in [0.2, 0.25) is 0 Å². The highest BCUT2D eigenvalue weighted by atomic mass is 16.3. The monoisotopic (exact) mass is 303 g/mol. The van der Waals surface area contributed by atoms with Crippen LogP contribution in [0.3, 0.4) is 0 Å². The van der Waals surface area contributed by atoms with Gasteiger partial charge in [0.2, 0.25) is 0 Å². The quantitative estimate of drug-likeness (QED) is 0.749. The second-order valence-electron chi connectivity index (χ2n) is 5.72. The molecule has 3 rings (SSSR count). The molecule has 0 aromatic heterocycles. The van der Waals surface area contributed by atoms with Crippen molar-refractivity contribution < 1.29 is 5.11 Å². The van der Waals surface area contributed by atoms with E-state index in [1.807, 2.05) is 67.7 Å². The van der Waals surface area contributed by atoms with Gasteiger partial charge in [-0.3, -0.25) is 0 Å². The molecule has 0 radical (unpaired) electrons. The lowest BCUT2D eigenvalue weighted by Crippen LogP contribution is -2.24. The zero-order chi connectivity index (χ0) is 16.1. The van der Waals surface area contributed by atoms with Crippen molar-refractivity contribution in [1.29, 1.82) is 0 Å². The van der Waals surface area contributed by atoms with Gasteiger partial charge in [-0.2, -0.15) is 0 Å². The molecule has 0 fully saturated rings. The van der Waals surface area contributed by atoms with E-state index in [4.69, 9.17) is 0 Å². The second-order valence-corrected chi connectivity index (χ2v) is 5.72. The Bertz CT molecular complexity index is 723. The van der Waals surface area contributed by atoms with Crippen molar-refractivity contribution in [2.24, 2.45) is 0 Å². The fourth-order valence-corrected chi connectivity index (χ4v) is 2.68. The predicted molar refractivity (Wildman–Crippen MR) is 96.5 cm³/mol. The van der Waals surface area contributed by atoms with Crippen LogP contribution in [0, 0.1) is 0 Å². The third-order valence-corrected chi connectivity index (χ3v) is 4.05. The summed E-state index contributed by atoms with van der Waals surface area (Å²) in [4.78, 5) is 2.07. The van der Waals surface area contributed by atoms with Crippen molar-refractivity contribution in [1.82, 2.24) is 0 Å². The number of aliphatic hydroxyl groups excluding tert-OH is 1. The lowest BCUT2D eigenvalue weighted by atomic mass is 10.0. The van der Waals surface area contributed by atoms with Gasteiger partial charge in [0.05, 0.1) is 6.10 Å². The summed E-state index contributed by atoms with van der Waals surface area (Å²) in [6.45, 7) is 0.564. The molecule has 23 heavy (non-hydrogen) atoms. The summed E-state index contributed by atoms with van der Waals surface area (Å²) >= 11 is 0. The van der Waals surface area contributed by atoms with Gasteiger partial charge >= 0.3 is 0 Å². The molecule has 0 saturated heterocycles. The van der Waals surface area contributed by atoms with E-state index in [-0.39, 0.29) is 0 Å². The van der Waals surface area contributed by atoms with Crippen LogP contribution in [-0.2, 0) is 0 Å². The molecule has 0 aliphatic rings. The molecule has 0 amide bonds. The maximum atomic E-state index is 10.5. The molecular formula is C21H21NO. The van der Waals surface area contributed by atoms with Crippen molar-refractivity contribution in [3.8, 4) is 11.1 Å². The SMILES string of the molecule is CN(CC(O)c1ccc(-c2ccccc2)cc1)c1ccccc1. The average Bonchev–Trinajstić information content (AvgIpc) is 2.63. The number of anilines is 1. The summed E-state index contributed by atoms with van der Waals surface area (Å²) in [5.41, 5.74) is 4.40. The number of nitrogens with zero attached hydrogens (tertiary/aromatic N) is 1. The van der Waals surface area contributed by atoms with Gasteiger partial charge in [-0.05, 0) is 28.8 Å². The van der Waals surface area contributed by atoms with Gasteiger partial charge in [0.25, 0.3) is 0 Å². The first-order valence-electron chi connectivity index (χ1n) is 7.83. The lowest BCUT2D eigenvalue weighted by Gasteiger charge is -2.23. The van der Waals surface area contributed by atoms with Crippen molar-refractivity contribution in [2.75, 3.05) is 18.5 Å². The Labute approximate surface area is 137 Å². The van der Waals surface area contributed by atoms with Crippen LogP contribution in [0.15, 0.2) is 84.9 Å². The van der Waals surface area contributed by atoms with E-state index in [0.717, 1.165) is 16.8 Å². The highest BCUT2D eigenvalue weighted by molar-refractivity contribution is 5.63. The molecule has 0 spiro atoms. The van der Waals surface area contributed by atoms with Crippen molar-refractivity contribution in [3.63, 3.8) is 0 Å². The van der Waals surface area contributed by atoms with E-state index < -0.39 is 6.10 Å². The third kappa shape index (κ3) is 3.79. The third-order valence-electron chi connectivity index (χ3n) is 4.05. The number of hydrogen-bond donors (Lipinski definition) is 1. The summed E-state index contributed by atoms with van der Waals surface area (Å²) < 4.78 is 0. The van der Waals surface area contributed by atoms with Crippen molar-refractivity contribution >= 4 is 5.69 Å². The predicted octanol–water partition coefficient (Wildman–Crippen LogP) is 4.52. The molecule has 116 valence electrons. The zero-order valence-electron chi connectivity index (χ0n) is 13.3. The Morgan fingerprint density at radius 3 is 1.87 bits per heavy atom. The second kappa shape index (κ2) is 7.12. The maximum absolute atomic E-state index is 10.5. The maximum Gasteiger partial charge on any atom is 0.0964 e. The molecule has 1 unspecified atom stereocenters. The number of benzene rings is 3. The topological polar surface area (TPSA) is 23.5 Å². The highest BCUT2D eigenvalue weighted by Crippen LogP contribution is 2.23. The summed E-state index contributed by atoms with van der Waals surface area (Å²) in [5, 5.41) is 10.5. The molecule has 2 heteroatoms. The van der Waals surface area contributed by atoms with Crippen LogP contribution in [0.4, 0.5) is 5.69 Å². The van der Waals surface area contributed by atoms with Crippen molar-refractivity contribution in [3.05, 3.63) is 90.5 Å². The molecule has 0 bridgehead atoms. The number of para-hydroxylation sites is 1. The van der Waals surface area contributed by atoms with Crippen LogP contribution in [-0.4, -0.2) is 18.7 Å². The van der Waals surface area contributed by atoms with Gasteiger partial charge in [0.15, 0.2) is 0 Å². The van der Waals surface area contributed by atoms with E-state index >= 15 is 0 Å². The normalized spacial score (nSPS) is 11.9. The van der Waals surface area contributed by atoms with Crippen LogP contribution in [0.25, 0.3) is 11.1 Å². The first-order valence-corrected chi connectivity index (χ1v) is 7.83. The Hall–Kier alpha value is -2.58. The minimum Gasteiger partial charge on any atom is -0.387 e. The Balaban J connectivity index is 1.69. The summed E-state index contributed by atoms with van der Waals surface area (Å²) in [6, 6.07) is 28.5. The fraction of sp³-hybridized carbons (Fsp3) is 0.143. The van der Waals surface area contributed by atoms with Crippen LogP contribution in [0.1, 0.15) is 11.7 Å². The van der Waals surface area contributed by atoms with Gasteiger partial charge in [-0.25, -0.2) is 0 Å². The molecule has 3 aromatic rings. The fourth-order valence-electron chi connectivity index (χ4n) is 2.68. The van der Waals surface area contributed by atoms with Gasteiger partial charge < -0.3 is 10.0 Å². The molecule has 0 aliphatic carbocycles. The number of hydrogen-bond acceptors (Lipinski definition) is 2. The van der Waals surface area contributed by atoms with Gasteiger partial charge in [-0.15, -0.1) is 0 Å². The van der Waals surface area contributed by atoms with E-state index in [9.17, 15) is 5.11 Å². The number of aliphatic hydroxyl groups is 1. The average molecular weight is 303 g/mol. The molecule has 3 aromatic carbocycles. The highest BCUT2D eigenvalue weighted by Gasteiger charge is 2.11. The minimum absolute atomic E-state index is 0.509. The molecule has 2 nitrogen and oxygen atoms in total. The minimum atomic E-state index is -0.509. The van der Waals surface area contributed by atoms with E-state index in [1.54, 1.807) is 0 Å². The van der Waals surface area contributed by atoms with Gasteiger partial charge in [-0.1, -0.05) is 72.8 Å². The van der Waals surface area contributed by atoms with E-state index in [1.165, 1.54) is 5.56 Å². The Morgan fingerprint density at radius 2 is 1.26 bits per heavy atom. The Morgan fingerprint density at radius 1 is 0.739 bits per heavy atom. The molecule has 0 saturated carbocycles. The van der Waals surface area contributed by atoms with E-state index in [0.29, 0.717) is 6.54 Å².